The van der Waals surface area contributed by atoms with E-state index in [-0.39, 0.29) is 0 Å². The second kappa shape index (κ2) is 5.45. The summed E-state index contributed by atoms with van der Waals surface area (Å²) in [5, 5.41) is 0. The van der Waals surface area contributed by atoms with Crippen LogP contribution in [0.2, 0.25) is 0 Å². The minimum absolute atomic E-state index is 0.634. The van der Waals surface area contributed by atoms with E-state index in [4.69, 9.17) is 0 Å². The molecule has 0 aromatic rings. The van der Waals surface area contributed by atoms with Crippen LogP contribution in [-0.2, 0) is 0 Å². The van der Waals surface area contributed by atoms with Crippen LogP contribution in [0.4, 0.5) is 0 Å². The van der Waals surface area contributed by atoms with Gasteiger partial charge in [-0.2, -0.15) is 12.6 Å². The van der Waals surface area contributed by atoms with Gasteiger partial charge in [-0.1, -0.05) is 11.9 Å². The molecule has 0 fully saturated rings. The van der Waals surface area contributed by atoms with Crippen molar-refractivity contribution < 1.29 is 0 Å². The second-order valence-electron chi connectivity index (χ2n) is 2.20. The Morgan fingerprint density at radius 1 is 1.56 bits per heavy atom. The molecule has 0 aliphatic carbocycles. The molecule has 0 aromatic carbocycles. The highest BCUT2D eigenvalue weighted by molar-refractivity contribution is 7.97. The second-order valence-corrected chi connectivity index (χ2v) is 3.89. The zero-order chi connectivity index (χ0) is 7.28. The highest BCUT2D eigenvalue weighted by atomic mass is 32.2. The molecule has 0 rings (SSSR count). The van der Waals surface area contributed by atoms with E-state index >= 15 is 0 Å². The quantitative estimate of drug-likeness (QED) is 0.501. The van der Waals surface area contributed by atoms with E-state index in [0.29, 0.717) is 6.04 Å². The molecule has 1 nitrogen and oxygen atoms in total. The van der Waals surface area contributed by atoms with Crippen molar-refractivity contribution >= 4 is 24.6 Å². The van der Waals surface area contributed by atoms with Crippen molar-refractivity contribution in [3.05, 3.63) is 0 Å². The molecule has 0 saturated heterocycles. The Balaban J connectivity index is 3.16. The van der Waals surface area contributed by atoms with E-state index in [9.17, 15) is 0 Å². The normalized spacial score (nSPS) is 11.3. The first-order valence-electron chi connectivity index (χ1n) is 3.15. The topological polar surface area (TPSA) is 3.24 Å². The Morgan fingerprint density at radius 2 is 2.11 bits per heavy atom. The Kier molecular flexibility index (Phi) is 5.84. The first-order valence-corrected chi connectivity index (χ1v) is 4.72. The van der Waals surface area contributed by atoms with Crippen LogP contribution in [0.25, 0.3) is 0 Å². The number of hydrogen-bond acceptors (Lipinski definition) is 3. The lowest BCUT2D eigenvalue weighted by Crippen LogP contribution is -2.19. The van der Waals surface area contributed by atoms with Crippen LogP contribution in [-0.4, -0.2) is 28.9 Å². The van der Waals surface area contributed by atoms with Crippen LogP contribution < -0.4 is 0 Å². The Labute approximate surface area is 67.7 Å². The third kappa shape index (κ3) is 5.12. The maximum Gasteiger partial charge on any atom is 0.0169 e. The van der Waals surface area contributed by atoms with Gasteiger partial charge in [0.15, 0.2) is 0 Å². The Bertz CT molecular complexity index is 66.1. The number of thiol groups is 1. The van der Waals surface area contributed by atoms with Gasteiger partial charge >= 0.3 is 0 Å². The smallest absolute Gasteiger partial charge is 0.0169 e. The van der Waals surface area contributed by atoms with E-state index in [2.05, 4.69) is 37.8 Å². The molecule has 0 unspecified atom stereocenters. The van der Waals surface area contributed by atoms with E-state index in [1.165, 1.54) is 0 Å². The standard InChI is InChI=1S/C6H15NS2/c1-6(2)7(3)9-5-4-8/h6,8H,4-5H2,1-3H3. The molecule has 0 amide bonds. The molecular formula is C6H15NS2. The molecule has 0 heterocycles. The van der Waals surface area contributed by atoms with Gasteiger partial charge in [-0.25, -0.2) is 0 Å². The summed E-state index contributed by atoms with van der Waals surface area (Å²) in [5.41, 5.74) is 0. The summed E-state index contributed by atoms with van der Waals surface area (Å²) in [6.45, 7) is 4.37. The largest absolute Gasteiger partial charge is 0.251 e. The highest BCUT2D eigenvalue weighted by Gasteiger charge is 2.00. The first-order chi connectivity index (χ1) is 4.18. The van der Waals surface area contributed by atoms with E-state index in [1.54, 1.807) is 0 Å². The number of hydrogen-bond donors (Lipinski definition) is 1. The van der Waals surface area contributed by atoms with Gasteiger partial charge in [-0.3, -0.25) is 4.31 Å². The van der Waals surface area contributed by atoms with Crippen LogP contribution in [0.5, 0.6) is 0 Å². The molecule has 0 aliphatic heterocycles. The molecule has 0 aromatic heterocycles. The summed E-state index contributed by atoms with van der Waals surface area (Å²) >= 11 is 5.96. The SMILES string of the molecule is CC(C)N(C)SCCS. The van der Waals surface area contributed by atoms with Crippen LogP contribution in [0, 0.1) is 0 Å². The fourth-order valence-corrected chi connectivity index (χ4v) is 1.25. The highest BCUT2D eigenvalue weighted by Crippen LogP contribution is 2.10. The number of nitrogens with zero attached hydrogens (tertiary/aromatic N) is 1. The van der Waals surface area contributed by atoms with E-state index in [0.717, 1.165) is 11.5 Å². The minimum Gasteiger partial charge on any atom is -0.251 e. The van der Waals surface area contributed by atoms with Gasteiger partial charge in [-0.15, -0.1) is 0 Å². The predicted molar refractivity (Wildman–Crippen MR) is 49.2 cm³/mol. The zero-order valence-corrected chi connectivity index (χ0v) is 8.01. The van der Waals surface area contributed by atoms with E-state index < -0.39 is 0 Å². The Hall–Kier alpha value is 0.660. The van der Waals surface area contributed by atoms with Gasteiger partial charge < -0.3 is 0 Å². The monoisotopic (exact) mass is 165 g/mol. The fourth-order valence-electron chi connectivity index (χ4n) is 0.334. The first kappa shape index (κ1) is 9.66. The molecule has 0 N–H and O–H groups in total. The minimum atomic E-state index is 0.634. The van der Waals surface area contributed by atoms with Gasteiger partial charge in [0.25, 0.3) is 0 Å². The summed E-state index contributed by atoms with van der Waals surface area (Å²) in [6, 6.07) is 0.634. The van der Waals surface area contributed by atoms with Crippen LogP contribution in [0.1, 0.15) is 13.8 Å². The van der Waals surface area contributed by atoms with Gasteiger partial charge in [0.2, 0.25) is 0 Å². The third-order valence-corrected chi connectivity index (χ3v) is 2.86. The summed E-state index contributed by atoms with van der Waals surface area (Å²) < 4.78 is 2.25. The van der Waals surface area contributed by atoms with Gasteiger partial charge in [0.05, 0.1) is 0 Å². The van der Waals surface area contributed by atoms with Gasteiger partial charge in [-0.05, 0) is 20.9 Å². The average Bonchev–Trinajstić information content (AvgIpc) is 1.82. The summed E-state index contributed by atoms with van der Waals surface area (Å²) in [7, 11) is 2.11. The van der Waals surface area contributed by atoms with Crippen molar-refractivity contribution in [2.75, 3.05) is 18.6 Å². The number of rotatable bonds is 4. The molecular weight excluding hydrogens is 150 g/mol. The van der Waals surface area contributed by atoms with Crippen LogP contribution >= 0.6 is 24.6 Å². The van der Waals surface area contributed by atoms with Crippen LogP contribution in [0.3, 0.4) is 0 Å². The van der Waals surface area contributed by atoms with Gasteiger partial charge in [0.1, 0.15) is 0 Å². The van der Waals surface area contributed by atoms with Crippen LogP contribution in [0.15, 0.2) is 0 Å². The van der Waals surface area contributed by atoms with Gasteiger partial charge in [0, 0.05) is 17.5 Å². The fraction of sp³-hybridized carbons (Fsp3) is 1.00. The summed E-state index contributed by atoms with van der Waals surface area (Å²) in [4.78, 5) is 0. The molecule has 0 aliphatic rings. The zero-order valence-electron chi connectivity index (χ0n) is 6.29. The van der Waals surface area contributed by atoms with Crippen molar-refractivity contribution in [2.45, 2.75) is 19.9 Å². The maximum atomic E-state index is 4.12. The van der Waals surface area contributed by atoms with Crippen molar-refractivity contribution in [2.24, 2.45) is 0 Å². The maximum absolute atomic E-state index is 4.12. The molecule has 3 heteroatoms. The average molecular weight is 165 g/mol. The summed E-state index contributed by atoms with van der Waals surface area (Å²) in [5.74, 6) is 2.07. The van der Waals surface area contributed by atoms with Crippen molar-refractivity contribution in [3.63, 3.8) is 0 Å². The summed E-state index contributed by atoms with van der Waals surface area (Å²) in [6.07, 6.45) is 0. The lowest BCUT2D eigenvalue weighted by atomic mass is 10.4. The Morgan fingerprint density at radius 3 is 2.44 bits per heavy atom. The van der Waals surface area contributed by atoms with Crippen molar-refractivity contribution in [3.8, 4) is 0 Å². The molecule has 0 atom stereocenters. The van der Waals surface area contributed by atoms with Crippen molar-refractivity contribution in [1.82, 2.24) is 4.31 Å². The van der Waals surface area contributed by atoms with E-state index in [1.807, 2.05) is 11.9 Å². The van der Waals surface area contributed by atoms with Crippen molar-refractivity contribution in [1.29, 1.82) is 0 Å². The predicted octanol–water partition coefficient (Wildman–Crippen LogP) is 1.90. The lowest BCUT2D eigenvalue weighted by molar-refractivity contribution is 0.469. The molecule has 0 saturated carbocycles. The molecule has 0 bridgehead atoms. The third-order valence-electron chi connectivity index (χ3n) is 1.11. The molecule has 9 heavy (non-hydrogen) atoms. The molecule has 56 valence electrons. The lowest BCUT2D eigenvalue weighted by Gasteiger charge is -2.18. The molecule has 0 radical (unpaired) electrons. The molecule has 0 spiro atoms.